The van der Waals surface area contributed by atoms with Crippen molar-refractivity contribution in [2.45, 2.75) is 13.0 Å². The third kappa shape index (κ3) is 3.01. The quantitative estimate of drug-likeness (QED) is 0.652. The lowest BCUT2D eigenvalue weighted by Gasteiger charge is -2.07. The summed E-state index contributed by atoms with van der Waals surface area (Å²) in [6, 6.07) is 3.65. The first-order valence-corrected chi connectivity index (χ1v) is 5.21. The van der Waals surface area contributed by atoms with E-state index in [9.17, 15) is 14.9 Å². The summed E-state index contributed by atoms with van der Waals surface area (Å²) in [6.45, 7) is 1.53. The summed E-state index contributed by atoms with van der Waals surface area (Å²) < 4.78 is 0.358. The normalized spacial score (nSPS) is 11.9. The fourth-order valence-corrected chi connectivity index (χ4v) is 1.38. The molecular weight excluding hydrogens is 278 g/mol. The summed E-state index contributed by atoms with van der Waals surface area (Å²) >= 11 is 3.05. The molecule has 1 aromatic carbocycles. The summed E-state index contributed by atoms with van der Waals surface area (Å²) in [5.74, 6) is -0.392. The minimum absolute atomic E-state index is 0.109. The number of carbonyl (C=O) groups is 1. The van der Waals surface area contributed by atoms with Crippen LogP contribution >= 0.6 is 15.9 Å². The van der Waals surface area contributed by atoms with Gasteiger partial charge < -0.3 is 11.1 Å². The van der Waals surface area contributed by atoms with Gasteiger partial charge in [-0.2, -0.15) is 0 Å². The van der Waals surface area contributed by atoms with Gasteiger partial charge in [-0.1, -0.05) is 0 Å². The lowest BCUT2D eigenvalue weighted by molar-refractivity contribution is -0.385. The molecule has 1 rings (SSSR count). The summed E-state index contributed by atoms with van der Waals surface area (Å²) in [7, 11) is 0. The zero-order valence-electron chi connectivity index (χ0n) is 8.44. The van der Waals surface area contributed by atoms with E-state index in [-0.39, 0.29) is 5.69 Å². The highest BCUT2D eigenvalue weighted by molar-refractivity contribution is 9.10. The zero-order valence-corrected chi connectivity index (χ0v) is 10.0. The average molecular weight is 288 g/mol. The summed E-state index contributed by atoms with van der Waals surface area (Å²) in [5, 5.41) is 13.1. The van der Waals surface area contributed by atoms with Crippen LogP contribution < -0.4 is 11.1 Å². The highest BCUT2D eigenvalue weighted by Crippen LogP contribution is 2.27. The molecule has 0 saturated carbocycles. The Morgan fingerprint density at radius 3 is 2.75 bits per heavy atom. The van der Waals surface area contributed by atoms with Gasteiger partial charge in [0.15, 0.2) is 0 Å². The lowest BCUT2D eigenvalue weighted by atomic mass is 10.2. The van der Waals surface area contributed by atoms with Crippen LogP contribution in [-0.2, 0) is 4.79 Å². The fourth-order valence-electron chi connectivity index (χ4n) is 0.986. The maximum atomic E-state index is 11.3. The Morgan fingerprint density at radius 2 is 2.25 bits per heavy atom. The molecule has 0 fully saturated rings. The molecule has 0 bridgehead atoms. The molecule has 7 heteroatoms. The van der Waals surface area contributed by atoms with E-state index in [0.717, 1.165) is 0 Å². The smallest absolute Gasteiger partial charge is 0.285 e. The molecular formula is C9H10BrN3O3. The topological polar surface area (TPSA) is 98.3 Å². The van der Waals surface area contributed by atoms with E-state index in [4.69, 9.17) is 5.73 Å². The third-order valence-electron chi connectivity index (χ3n) is 1.82. The van der Waals surface area contributed by atoms with Gasteiger partial charge in [0.2, 0.25) is 5.91 Å². The van der Waals surface area contributed by atoms with Gasteiger partial charge in [0.25, 0.3) is 5.69 Å². The van der Waals surface area contributed by atoms with E-state index in [1.165, 1.54) is 19.1 Å². The van der Waals surface area contributed by atoms with Gasteiger partial charge in [0.1, 0.15) is 0 Å². The van der Waals surface area contributed by atoms with Crippen molar-refractivity contribution in [3.8, 4) is 0 Å². The zero-order chi connectivity index (χ0) is 12.3. The molecule has 0 aliphatic heterocycles. The van der Waals surface area contributed by atoms with E-state index in [1.54, 1.807) is 6.07 Å². The molecule has 0 aliphatic carbocycles. The molecule has 1 amide bonds. The van der Waals surface area contributed by atoms with E-state index in [2.05, 4.69) is 21.2 Å². The van der Waals surface area contributed by atoms with Crippen molar-refractivity contribution in [2.75, 3.05) is 5.32 Å². The highest BCUT2D eigenvalue weighted by Gasteiger charge is 2.14. The molecule has 0 aliphatic rings. The molecule has 0 heterocycles. The second kappa shape index (κ2) is 5.04. The van der Waals surface area contributed by atoms with Gasteiger partial charge >= 0.3 is 0 Å². The molecule has 0 saturated heterocycles. The van der Waals surface area contributed by atoms with Crippen molar-refractivity contribution >= 4 is 33.2 Å². The maximum absolute atomic E-state index is 11.3. The van der Waals surface area contributed by atoms with Crippen molar-refractivity contribution in [1.29, 1.82) is 0 Å². The molecule has 0 unspecified atom stereocenters. The van der Waals surface area contributed by atoms with Crippen LogP contribution in [0.15, 0.2) is 22.7 Å². The average Bonchev–Trinajstić information content (AvgIpc) is 2.20. The van der Waals surface area contributed by atoms with Gasteiger partial charge in [0.05, 0.1) is 15.4 Å². The van der Waals surface area contributed by atoms with Crippen molar-refractivity contribution in [3.63, 3.8) is 0 Å². The maximum Gasteiger partial charge on any atom is 0.285 e. The summed E-state index contributed by atoms with van der Waals surface area (Å²) in [4.78, 5) is 21.4. The SMILES string of the molecule is C[C@H](N)C(=O)Nc1ccc(Br)c([N+](=O)[O-])c1. The predicted molar refractivity (Wildman–Crippen MR) is 63.1 cm³/mol. The number of nitrogens with zero attached hydrogens (tertiary/aromatic N) is 1. The van der Waals surface area contributed by atoms with Gasteiger partial charge in [-0.05, 0) is 35.0 Å². The second-order valence-corrected chi connectivity index (χ2v) is 4.06. The molecule has 1 aromatic rings. The van der Waals surface area contributed by atoms with Crippen LogP contribution in [0.1, 0.15) is 6.92 Å². The number of anilines is 1. The van der Waals surface area contributed by atoms with Gasteiger partial charge in [-0.3, -0.25) is 14.9 Å². The van der Waals surface area contributed by atoms with E-state index >= 15 is 0 Å². The van der Waals surface area contributed by atoms with Crippen LogP contribution in [0.5, 0.6) is 0 Å². The number of carbonyl (C=O) groups excluding carboxylic acids is 1. The van der Waals surface area contributed by atoms with Crippen LogP contribution in [0.4, 0.5) is 11.4 Å². The van der Waals surface area contributed by atoms with Crippen molar-refractivity contribution in [2.24, 2.45) is 5.73 Å². The summed E-state index contributed by atoms with van der Waals surface area (Å²) in [6.07, 6.45) is 0. The Kier molecular flexibility index (Phi) is 3.97. The minimum atomic E-state index is -0.664. The van der Waals surface area contributed by atoms with Crippen LogP contribution in [0.2, 0.25) is 0 Å². The van der Waals surface area contributed by atoms with Gasteiger partial charge in [0, 0.05) is 11.8 Å². The van der Waals surface area contributed by atoms with Crippen LogP contribution in [0, 0.1) is 10.1 Å². The van der Waals surface area contributed by atoms with Crippen LogP contribution in [-0.4, -0.2) is 16.9 Å². The van der Waals surface area contributed by atoms with E-state index < -0.39 is 16.9 Å². The number of nitrogens with two attached hydrogens (primary N) is 1. The lowest BCUT2D eigenvalue weighted by Crippen LogP contribution is -2.32. The largest absolute Gasteiger partial charge is 0.324 e. The van der Waals surface area contributed by atoms with Crippen LogP contribution in [0.25, 0.3) is 0 Å². The number of hydrogen-bond acceptors (Lipinski definition) is 4. The van der Waals surface area contributed by atoms with E-state index in [1.807, 2.05) is 0 Å². The number of nitro groups is 1. The fraction of sp³-hybridized carbons (Fsp3) is 0.222. The summed E-state index contributed by atoms with van der Waals surface area (Å²) in [5.41, 5.74) is 5.59. The van der Waals surface area contributed by atoms with E-state index in [0.29, 0.717) is 10.2 Å². The molecule has 0 radical (unpaired) electrons. The molecule has 16 heavy (non-hydrogen) atoms. The molecule has 0 aromatic heterocycles. The number of nitro benzene ring substituents is 1. The highest BCUT2D eigenvalue weighted by atomic mass is 79.9. The third-order valence-corrected chi connectivity index (χ3v) is 2.49. The first-order valence-electron chi connectivity index (χ1n) is 4.42. The first-order chi connectivity index (χ1) is 7.41. The van der Waals surface area contributed by atoms with Gasteiger partial charge in [-0.15, -0.1) is 0 Å². The number of benzene rings is 1. The van der Waals surface area contributed by atoms with Gasteiger partial charge in [-0.25, -0.2) is 0 Å². The number of nitrogens with one attached hydrogen (secondary N) is 1. The number of halogens is 1. The molecule has 6 nitrogen and oxygen atoms in total. The standard InChI is InChI=1S/C9H10BrN3O3/c1-5(11)9(14)12-6-2-3-7(10)8(4-6)13(15)16/h2-5H,11H2,1H3,(H,12,14)/t5-/m0/s1. The Bertz CT molecular complexity index is 434. The first kappa shape index (κ1) is 12.6. The molecule has 0 spiro atoms. The second-order valence-electron chi connectivity index (χ2n) is 3.20. The van der Waals surface area contributed by atoms with Crippen molar-refractivity contribution < 1.29 is 9.72 Å². The Balaban J connectivity index is 2.95. The number of hydrogen-bond donors (Lipinski definition) is 2. The number of amides is 1. The van der Waals surface area contributed by atoms with Crippen molar-refractivity contribution in [1.82, 2.24) is 0 Å². The van der Waals surface area contributed by atoms with Crippen LogP contribution in [0.3, 0.4) is 0 Å². The molecule has 86 valence electrons. The Hall–Kier alpha value is -1.47. The molecule has 1 atom stereocenters. The number of rotatable bonds is 3. The Morgan fingerprint density at radius 1 is 1.62 bits per heavy atom. The Labute approximate surface area is 100 Å². The monoisotopic (exact) mass is 287 g/mol. The predicted octanol–water partition coefficient (Wildman–Crippen LogP) is 1.64. The van der Waals surface area contributed by atoms with Crippen molar-refractivity contribution in [3.05, 3.63) is 32.8 Å². The minimum Gasteiger partial charge on any atom is -0.324 e. The molecule has 3 N–H and O–H groups in total.